The fraction of sp³-hybridized carbons (Fsp3) is 0.600. The number of aromatic nitrogens is 2. The molecule has 3 nitrogen and oxygen atoms in total. The fourth-order valence-corrected chi connectivity index (χ4v) is 0.596. The molecule has 0 aliphatic rings. The average molecular weight is 147 g/mol. The second-order valence-corrected chi connectivity index (χ2v) is 2.19. The SMILES string of the molecule is CCC(Cl)c1ncon1. The van der Waals surface area contributed by atoms with Gasteiger partial charge in [0, 0.05) is 0 Å². The van der Waals surface area contributed by atoms with Gasteiger partial charge in [-0.1, -0.05) is 12.1 Å². The molecule has 1 atom stereocenters. The monoisotopic (exact) mass is 146 g/mol. The van der Waals surface area contributed by atoms with E-state index in [4.69, 9.17) is 11.6 Å². The largest absolute Gasteiger partial charge is 0.343 e. The zero-order valence-corrected chi connectivity index (χ0v) is 5.80. The van der Waals surface area contributed by atoms with Crippen molar-refractivity contribution in [3.63, 3.8) is 0 Å². The van der Waals surface area contributed by atoms with E-state index in [9.17, 15) is 0 Å². The average Bonchev–Trinajstić information content (AvgIpc) is 2.37. The Bertz CT molecular complexity index is 163. The van der Waals surface area contributed by atoms with Gasteiger partial charge < -0.3 is 4.52 Å². The maximum absolute atomic E-state index is 5.75. The van der Waals surface area contributed by atoms with E-state index in [2.05, 4.69) is 14.7 Å². The lowest BCUT2D eigenvalue weighted by molar-refractivity contribution is 0.409. The number of nitrogens with zero attached hydrogens (tertiary/aromatic N) is 2. The third-order valence-corrected chi connectivity index (χ3v) is 1.52. The number of alkyl halides is 1. The van der Waals surface area contributed by atoms with Crippen LogP contribution in [0.2, 0.25) is 0 Å². The van der Waals surface area contributed by atoms with Gasteiger partial charge in [-0.3, -0.25) is 0 Å². The van der Waals surface area contributed by atoms with Crippen molar-refractivity contribution in [2.75, 3.05) is 0 Å². The Hall–Kier alpha value is -0.570. The van der Waals surface area contributed by atoms with E-state index < -0.39 is 0 Å². The molecule has 0 aliphatic carbocycles. The first-order valence-corrected chi connectivity index (χ1v) is 3.18. The summed E-state index contributed by atoms with van der Waals surface area (Å²) in [5.74, 6) is 0.569. The Labute approximate surface area is 58.0 Å². The van der Waals surface area contributed by atoms with Crippen molar-refractivity contribution in [2.24, 2.45) is 0 Å². The number of halogens is 1. The van der Waals surface area contributed by atoms with E-state index in [1.807, 2.05) is 6.92 Å². The fourth-order valence-electron chi connectivity index (χ4n) is 0.499. The van der Waals surface area contributed by atoms with Crippen LogP contribution in [-0.2, 0) is 0 Å². The van der Waals surface area contributed by atoms with Crippen LogP contribution in [0.5, 0.6) is 0 Å². The topological polar surface area (TPSA) is 38.9 Å². The summed E-state index contributed by atoms with van der Waals surface area (Å²) < 4.78 is 4.49. The lowest BCUT2D eigenvalue weighted by Gasteiger charge is -1.95. The summed E-state index contributed by atoms with van der Waals surface area (Å²) in [5.41, 5.74) is 0. The van der Waals surface area contributed by atoms with Gasteiger partial charge in [0.05, 0.1) is 5.38 Å². The summed E-state index contributed by atoms with van der Waals surface area (Å²) in [7, 11) is 0. The summed E-state index contributed by atoms with van der Waals surface area (Å²) in [6, 6.07) is 0. The molecule has 1 aromatic rings. The third kappa shape index (κ3) is 1.42. The van der Waals surface area contributed by atoms with Gasteiger partial charge >= 0.3 is 0 Å². The molecule has 0 N–H and O–H groups in total. The minimum atomic E-state index is -0.108. The van der Waals surface area contributed by atoms with E-state index >= 15 is 0 Å². The Balaban J connectivity index is 2.65. The van der Waals surface area contributed by atoms with Crippen LogP contribution in [0.1, 0.15) is 24.5 Å². The summed E-state index contributed by atoms with van der Waals surface area (Å²) in [5, 5.41) is 3.46. The van der Waals surface area contributed by atoms with Gasteiger partial charge in [-0.2, -0.15) is 4.98 Å². The van der Waals surface area contributed by atoms with Gasteiger partial charge in [0.1, 0.15) is 0 Å². The number of hydrogen-bond acceptors (Lipinski definition) is 3. The molecule has 0 saturated carbocycles. The van der Waals surface area contributed by atoms with E-state index in [0.717, 1.165) is 6.42 Å². The first-order valence-electron chi connectivity index (χ1n) is 2.75. The normalized spacial score (nSPS) is 13.6. The molecule has 1 aromatic heterocycles. The second-order valence-electron chi connectivity index (χ2n) is 1.67. The summed E-state index contributed by atoms with van der Waals surface area (Å²) in [6.45, 7) is 1.97. The highest BCUT2D eigenvalue weighted by Crippen LogP contribution is 2.18. The zero-order chi connectivity index (χ0) is 6.69. The molecule has 0 radical (unpaired) electrons. The first kappa shape index (κ1) is 6.55. The van der Waals surface area contributed by atoms with Gasteiger partial charge in [-0.15, -0.1) is 11.6 Å². The molecule has 0 aliphatic heterocycles. The Morgan fingerprint density at radius 1 is 1.89 bits per heavy atom. The van der Waals surface area contributed by atoms with Gasteiger partial charge in [-0.25, -0.2) is 0 Å². The van der Waals surface area contributed by atoms with Crippen molar-refractivity contribution in [1.82, 2.24) is 10.1 Å². The van der Waals surface area contributed by atoms with Gasteiger partial charge in [0.2, 0.25) is 6.39 Å². The molecular formula is C5H7ClN2O. The summed E-state index contributed by atoms with van der Waals surface area (Å²) in [4.78, 5) is 3.78. The van der Waals surface area contributed by atoms with Crippen molar-refractivity contribution >= 4 is 11.6 Å². The van der Waals surface area contributed by atoms with Crippen molar-refractivity contribution in [3.8, 4) is 0 Å². The van der Waals surface area contributed by atoms with E-state index in [1.54, 1.807) is 0 Å². The number of rotatable bonds is 2. The lowest BCUT2D eigenvalue weighted by Crippen LogP contribution is -1.89. The smallest absolute Gasteiger partial charge is 0.213 e. The van der Waals surface area contributed by atoms with Crippen LogP contribution in [0.4, 0.5) is 0 Å². The van der Waals surface area contributed by atoms with Crippen LogP contribution in [0.3, 0.4) is 0 Å². The molecule has 4 heteroatoms. The molecule has 1 rings (SSSR count). The summed E-state index contributed by atoms with van der Waals surface area (Å²) in [6.07, 6.45) is 2.10. The Morgan fingerprint density at radius 2 is 2.67 bits per heavy atom. The first-order chi connectivity index (χ1) is 4.34. The van der Waals surface area contributed by atoms with Gasteiger partial charge in [0.15, 0.2) is 5.82 Å². The molecular weight excluding hydrogens is 140 g/mol. The molecule has 50 valence electrons. The molecule has 0 bridgehead atoms. The number of hydrogen-bond donors (Lipinski definition) is 0. The van der Waals surface area contributed by atoms with E-state index in [1.165, 1.54) is 6.39 Å². The van der Waals surface area contributed by atoms with Crippen molar-refractivity contribution in [1.29, 1.82) is 0 Å². The molecule has 0 spiro atoms. The predicted octanol–water partition coefficient (Wildman–Crippen LogP) is 1.76. The maximum atomic E-state index is 5.75. The van der Waals surface area contributed by atoms with Gasteiger partial charge in [-0.05, 0) is 6.42 Å². The highest BCUT2D eigenvalue weighted by Gasteiger charge is 2.08. The van der Waals surface area contributed by atoms with E-state index in [-0.39, 0.29) is 5.38 Å². The maximum Gasteiger partial charge on any atom is 0.213 e. The van der Waals surface area contributed by atoms with Crippen LogP contribution in [0.15, 0.2) is 10.9 Å². The Morgan fingerprint density at radius 3 is 3.11 bits per heavy atom. The van der Waals surface area contributed by atoms with Crippen LogP contribution >= 0.6 is 11.6 Å². The van der Waals surface area contributed by atoms with Crippen molar-refractivity contribution in [3.05, 3.63) is 12.2 Å². The minimum absolute atomic E-state index is 0.108. The minimum Gasteiger partial charge on any atom is -0.343 e. The highest BCUT2D eigenvalue weighted by molar-refractivity contribution is 6.20. The van der Waals surface area contributed by atoms with E-state index in [0.29, 0.717) is 5.82 Å². The molecule has 0 fully saturated rings. The standard InChI is InChI=1S/C5H7ClN2O/c1-2-4(6)5-7-3-9-8-5/h3-4H,2H2,1H3. The van der Waals surface area contributed by atoms with Crippen molar-refractivity contribution < 1.29 is 4.52 Å². The molecule has 1 heterocycles. The molecule has 1 unspecified atom stereocenters. The highest BCUT2D eigenvalue weighted by atomic mass is 35.5. The van der Waals surface area contributed by atoms with Gasteiger partial charge in [0.25, 0.3) is 0 Å². The van der Waals surface area contributed by atoms with Crippen LogP contribution in [0, 0.1) is 0 Å². The van der Waals surface area contributed by atoms with Crippen LogP contribution in [0.25, 0.3) is 0 Å². The van der Waals surface area contributed by atoms with Crippen LogP contribution < -0.4 is 0 Å². The summed E-state index contributed by atoms with van der Waals surface area (Å²) >= 11 is 5.75. The van der Waals surface area contributed by atoms with Crippen molar-refractivity contribution in [2.45, 2.75) is 18.7 Å². The quantitative estimate of drug-likeness (QED) is 0.597. The predicted molar refractivity (Wildman–Crippen MR) is 33.2 cm³/mol. The molecule has 0 amide bonds. The third-order valence-electron chi connectivity index (χ3n) is 1.02. The lowest BCUT2D eigenvalue weighted by atomic mass is 10.3. The zero-order valence-electron chi connectivity index (χ0n) is 5.04. The van der Waals surface area contributed by atoms with Crippen LogP contribution in [-0.4, -0.2) is 10.1 Å². The molecule has 0 saturated heterocycles. The Kier molecular flexibility index (Phi) is 2.05. The second kappa shape index (κ2) is 2.82. The molecule has 0 aromatic carbocycles. The molecule has 9 heavy (non-hydrogen) atoms.